The summed E-state index contributed by atoms with van der Waals surface area (Å²) < 4.78 is 27.1. The minimum absolute atomic E-state index is 0.133. The van der Waals surface area contributed by atoms with Gasteiger partial charge in [-0.2, -0.15) is 0 Å². The summed E-state index contributed by atoms with van der Waals surface area (Å²) in [6, 6.07) is 7.68. The van der Waals surface area contributed by atoms with Gasteiger partial charge in [0.1, 0.15) is 18.6 Å². The van der Waals surface area contributed by atoms with E-state index in [4.69, 9.17) is 23.7 Å². The van der Waals surface area contributed by atoms with Crippen LogP contribution in [0.5, 0.6) is 5.75 Å². The lowest BCUT2D eigenvalue weighted by molar-refractivity contribution is -0.150. The topological polar surface area (TPSA) is 66.4 Å². The average Bonchev–Trinajstić information content (AvgIpc) is 2.63. The highest BCUT2D eigenvalue weighted by Gasteiger charge is 2.25. The fraction of sp³-hybridized carbons (Fsp3) is 0.579. The fourth-order valence-corrected chi connectivity index (χ4v) is 2.39. The average molecular weight is 354 g/mol. The Morgan fingerprint density at radius 1 is 1.12 bits per heavy atom. The Balaban J connectivity index is 2.55. The van der Waals surface area contributed by atoms with Gasteiger partial charge in [-0.3, -0.25) is 0 Å². The van der Waals surface area contributed by atoms with E-state index < -0.39 is 6.10 Å². The molecule has 0 aliphatic carbocycles. The largest absolute Gasteiger partial charge is 0.497 e. The molecule has 0 amide bonds. The van der Waals surface area contributed by atoms with Gasteiger partial charge in [-0.05, 0) is 24.1 Å². The Labute approximate surface area is 150 Å². The molecule has 0 bridgehead atoms. The summed E-state index contributed by atoms with van der Waals surface area (Å²) in [5.41, 5.74) is 1.03. The lowest BCUT2D eigenvalue weighted by Crippen LogP contribution is -2.38. The van der Waals surface area contributed by atoms with Gasteiger partial charge >= 0.3 is 0 Å². The molecular formula is C19H30O6. The minimum atomic E-state index is -0.530. The molecule has 3 atom stereocenters. The molecule has 1 N–H and O–H groups in total. The van der Waals surface area contributed by atoms with E-state index in [1.165, 1.54) is 0 Å². The van der Waals surface area contributed by atoms with E-state index in [1.54, 1.807) is 27.4 Å². The number of rotatable bonds is 14. The van der Waals surface area contributed by atoms with Crippen molar-refractivity contribution in [1.29, 1.82) is 0 Å². The zero-order valence-corrected chi connectivity index (χ0v) is 15.3. The molecule has 0 fully saturated rings. The highest BCUT2D eigenvalue weighted by molar-refractivity contribution is 5.26. The molecule has 0 heterocycles. The van der Waals surface area contributed by atoms with E-state index in [0.717, 1.165) is 11.3 Å². The van der Waals surface area contributed by atoms with Gasteiger partial charge in [0.05, 0.1) is 32.5 Å². The first-order valence-electron chi connectivity index (χ1n) is 8.27. The van der Waals surface area contributed by atoms with Crippen molar-refractivity contribution in [3.8, 4) is 5.75 Å². The van der Waals surface area contributed by atoms with Gasteiger partial charge in [-0.1, -0.05) is 18.2 Å². The second-order valence-electron chi connectivity index (χ2n) is 5.66. The lowest BCUT2D eigenvalue weighted by atomic mass is 10.0. The Morgan fingerprint density at radius 2 is 1.84 bits per heavy atom. The van der Waals surface area contributed by atoms with Crippen LogP contribution < -0.4 is 4.74 Å². The molecule has 0 unspecified atom stereocenters. The first-order chi connectivity index (χ1) is 12.1. The van der Waals surface area contributed by atoms with Gasteiger partial charge < -0.3 is 28.8 Å². The minimum Gasteiger partial charge on any atom is -0.497 e. The zero-order valence-electron chi connectivity index (χ0n) is 15.3. The molecule has 6 nitrogen and oxygen atoms in total. The summed E-state index contributed by atoms with van der Waals surface area (Å²) in [5, 5.41) is 9.99. The molecule has 0 radical (unpaired) electrons. The summed E-state index contributed by atoms with van der Waals surface area (Å²) in [5.74, 6) is 0.806. The van der Waals surface area contributed by atoms with Crippen LogP contribution in [0.1, 0.15) is 18.4 Å². The third-order valence-electron chi connectivity index (χ3n) is 3.77. The van der Waals surface area contributed by atoms with Crippen molar-refractivity contribution in [2.24, 2.45) is 0 Å². The van der Waals surface area contributed by atoms with Crippen molar-refractivity contribution in [3.05, 3.63) is 42.5 Å². The van der Waals surface area contributed by atoms with Gasteiger partial charge in [0.15, 0.2) is 0 Å². The van der Waals surface area contributed by atoms with Crippen LogP contribution in [0.15, 0.2) is 36.9 Å². The SMILES string of the molecule is C=CC[C@@H](O)C[C@@H](OC)[C@@H](COCc1ccc(OC)cc1)OCOC. The van der Waals surface area contributed by atoms with Crippen LogP contribution in [0.25, 0.3) is 0 Å². The highest BCUT2D eigenvalue weighted by atomic mass is 16.7. The number of benzene rings is 1. The molecule has 6 heteroatoms. The number of hydrogen-bond donors (Lipinski definition) is 1. The molecule has 0 spiro atoms. The zero-order chi connectivity index (χ0) is 18.5. The van der Waals surface area contributed by atoms with Crippen LogP contribution in [0.4, 0.5) is 0 Å². The van der Waals surface area contributed by atoms with E-state index >= 15 is 0 Å². The smallest absolute Gasteiger partial charge is 0.146 e. The van der Waals surface area contributed by atoms with Crippen LogP contribution in [-0.2, 0) is 25.6 Å². The predicted molar refractivity (Wildman–Crippen MR) is 95.6 cm³/mol. The van der Waals surface area contributed by atoms with Crippen LogP contribution >= 0.6 is 0 Å². The van der Waals surface area contributed by atoms with Crippen LogP contribution in [0.3, 0.4) is 0 Å². The van der Waals surface area contributed by atoms with Crippen molar-refractivity contribution in [3.63, 3.8) is 0 Å². The van der Waals surface area contributed by atoms with Gasteiger partial charge in [0.25, 0.3) is 0 Å². The monoisotopic (exact) mass is 354 g/mol. The summed E-state index contributed by atoms with van der Waals surface area (Å²) in [4.78, 5) is 0. The van der Waals surface area contributed by atoms with E-state index in [2.05, 4.69) is 6.58 Å². The van der Waals surface area contributed by atoms with Crippen molar-refractivity contribution in [1.82, 2.24) is 0 Å². The number of ether oxygens (including phenoxy) is 5. The van der Waals surface area contributed by atoms with E-state index in [-0.39, 0.29) is 19.0 Å². The molecule has 1 aromatic rings. The Morgan fingerprint density at radius 3 is 2.40 bits per heavy atom. The standard InChI is InChI=1S/C19H30O6/c1-5-6-16(20)11-18(23-4)19(25-14-21-2)13-24-12-15-7-9-17(22-3)10-8-15/h5,7-10,16,18-20H,1,6,11-14H2,2-4H3/t16-,18-,19-/m1/s1. The maximum absolute atomic E-state index is 9.99. The maximum atomic E-state index is 9.99. The van der Waals surface area contributed by atoms with E-state index in [1.807, 2.05) is 24.3 Å². The molecule has 142 valence electrons. The van der Waals surface area contributed by atoms with Gasteiger partial charge in [-0.15, -0.1) is 6.58 Å². The third-order valence-corrected chi connectivity index (χ3v) is 3.77. The number of hydrogen-bond acceptors (Lipinski definition) is 6. The highest BCUT2D eigenvalue weighted by Crippen LogP contribution is 2.16. The second kappa shape index (κ2) is 12.9. The van der Waals surface area contributed by atoms with Crippen LogP contribution in [-0.4, -0.2) is 58.1 Å². The summed E-state index contributed by atoms with van der Waals surface area (Å²) in [7, 11) is 4.79. The molecule has 0 saturated heterocycles. The van der Waals surface area contributed by atoms with Crippen molar-refractivity contribution < 1.29 is 28.8 Å². The van der Waals surface area contributed by atoms with Crippen LogP contribution in [0.2, 0.25) is 0 Å². The molecular weight excluding hydrogens is 324 g/mol. The normalized spacial score (nSPS) is 14.7. The molecule has 1 aromatic carbocycles. The maximum Gasteiger partial charge on any atom is 0.146 e. The lowest BCUT2D eigenvalue weighted by Gasteiger charge is -2.27. The summed E-state index contributed by atoms with van der Waals surface area (Å²) in [6.45, 7) is 4.55. The van der Waals surface area contributed by atoms with Gasteiger partial charge in [0.2, 0.25) is 0 Å². The molecule has 1 rings (SSSR count). The Kier molecular flexibility index (Phi) is 11.1. The van der Waals surface area contributed by atoms with Crippen LogP contribution in [0, 0.1) is 0 Å². The number of methoxy groups -OCH3 is 3. The van der Waals surface area contributed by atoms with E-state index in [9.17, 15) is 5.11 Å². The van der Waals surface area contributed by atoms with Crippen molar-refractivity contribution in [2.75, 3.05) is 34.7 Å². The molecule has 0 aromatic heterocycles. The molecule has 0 aliphatic rings. The number of aliphatic hydroxyl groups is 1. The Hall–Kier alpha value is -1.44. The molecule has 25 heavy (non-hydrogen) atoms. The fourth-order valence-electron chi connectivity index (χ4n) is 2.39. The summed E-state index contributed by atoms with van der Waals surface area (Å²) in [6.07, 6.45) is 1.44. The summed E-state index contributed by atoms with van der Waals surface area (Å²) >= 11 is 0. The molecule has 0 saturated carbocycles. The van der Waals surface area contributed by atoms with Crippen molar-refractivity contribution in [2.45, 2.75) is 37.8 Å². The van der Waals surface area contributed by atoms with Gasteiger partial charge in [-0.25, -0.2) is 0 Å². The second-order valence-corrected chi connectivity index (χ2v) is 5.66. The van der Waals surface area contributed by atoms with Crippen molar-refractivity contribution >= 4 is 0 Å². The first-order valence-corrected chi connectivity index (χ1v) is 8.27. The quantitative estimate of drug-likeness (QED) is 0.409. The van der Waals surface area contributed by atoms with E-state index in [0.29, 0.717) is 26.1 Å². The predicted octanol–water partition coefficient (Wildman–Crippen LogP) is 2.54. The number of aliphatic hydroxyl groups excluding tert-OH is 1. The third kappa shape index (κ3) is 8.47. The Bertz CT molecular complexity index is 461. The van der Waals surface area contributed by atoms with Gasteiger partial charge in [0, 0.05) is 20.6 Å². The molecule has 0 aliphatic heterocycles. The first kappa shape index (κ1) is 21.6.